The van der Waals surface area contributed by atoms with Crippen LogP contribution >= 0.6 is 11.8 Å². The van der Waals surface area contributed by atoms with E-state index in [1.54, 1.807) is 0 Å². The third kappa shape index (κ3) is 3.43. The zero-order valence-electron chi connectivity index (χ0n) is 15.3. The second-order valence-corrected chi connectivity index (χ2v) is 8.02. The molecule has 1 aliphatic rings. The van der Waals surface area contributed by atoms with Crippen LogP contribution in [0.4, 0.5) is 0 Å². The number of hydrogen-bond acceptors (Lipinski definition) is 9. The maximum atomic E-state index is 12.8. The first kappa shape index (κ1) is 19.3. The van der Waals surface area contributed by atoms with Gasteiger partial charge in [-0.1, -0.05) is 0 Å². The van der Waals surface area contributed by atoms with Gasteiger partial charge < -0.3 is 29.9 Å². The average molecular weight is 417 g/mol. The Bertz CT molecular complexity index is 1150. The fourth-order valence-electron chi connectivity index (χ4n) is 3.37. The van der Waals surface area contributed by atoms with Crippen LogP contribution in [-0.4, -0.2) is 55.0 Å². The van der Waals surface area contributed by atoms with Gasteiger partial charge in [0.2, 0.25) is 11.2 Å². The number of nitrogens with zero attached hydrogens (tertiary/aromatic N) is 1. The summed E-state index contributed by atoms with van der Waals surface area (Å²) in [6, 6.07) is 4.77. The van der Waals surface area contributed by atoms with Crippen molar-refractivity contribution in [2.45, 2.75) is 6.54 Å². The molecule has 1 aromatic heterocycles. The summed E-state index contributed by atoms with van der Waals surface area (Å²) in [5, 5.41) is 50.1. The Morgan fingerprint density at radius 3 is 2.34 bits per heavy atom. The Morgan fingerprint density at radius 2 is 1.66 bits per heavy atom. The number of thioether (sulfide) groups is 1. The van der Waals surface area contributed by atoms with Crippen molar-refractivity contribution in [2.24, 2.45) is 0 Å². The Kier molecular flexibility index (Phi) is 4.93. The number of rotatable bonds is 3. The van der Waals surface area contributed by atoms with E-state index in [1.165, 1.54) is 12.1 Å². The maximum Gasteiger partial charge on any atom is 0.238 e. The minimum absolute atomic E-state index is 0.0360. The fraction of sp³-hybridized carbons (Fsp3) is 0.250. The minimum Gasteiger partial charge on any atom is -0.507 e. The molecule has 0 unspecified atom stereocenters. The highest BCUT2D eigenvalue weighted by Gasteiger charge is 2.24. The first-order chi connectivity index (χ1) is 13.9. The van der Waals surface area contributed by atoms with Gasteiger partial charge in [0.25, 0.3) is 0 Å². The van der Waals surface area contributed by atoms with E-state index in [4.69, 9.17) is 4.42 Å². The Morgan fingerprint density at radius 1 is 0.931 bits per heavy atom. The third-order valence-electron chi connectivity index (χ3n) is 4.92. The molecular formula is C20H19NO7S. The van der Waals surface area contributed by atoms with E-state index in [-0.39, 0.29) is 33.8 Å². The van der Waals surface area contributed by atoms with Gasteiger partial charge in [-0.3, -0.25) is 9.69 Å². The second kappa shape index (κ2) is 7.41. The van der Waals surface area contributed by atoms with Crippen molar-refractivity contribution in [2.75, 3.05) is 24.6 Å². The Labute approximate surface area is 169 Å². The molecule has 1 aliphatic heterocycles. The molecule has 0 aliphatic carbocycles. The quantitative estimate of drug-likeness (QED) is 0.407. The van der Waals surface area contributed by atoms with Crippen molar-refractivity contribution in [3.63, 3.8) is 0 Å². The molecule has 29 heavy (non-hydrogen) atoms. The summed E-state index contributed by atoms with van der Waals surface area (Å²) in [5.41, 5.74) is -0.418. The number of fused-ring (bicyclic) bond motifs is 1. The molecule has 152 valence electrons. The molecule has 0 amide bonds. The van der Waals surface area contributed by atoms with Gasteiger partial charge in [-0.25, -0.2) is 0 Å². The molecule has 0 radical (unpaired) electrons. The van der Waals surface area contributed by atoms with Crippen LogP contribution in [0.25, 0.3) is 22.3 Å². The van der Waals surface area contributed by atoms with E-state index in [0.717, 1.165) is 36.7 Å². The zero-order valence-corrected chi connectivity index (χ0v) is 16.1. The van der Waals surface area contributed by atoms with Crippen LogP contribution in [0.2, 0.25) is 0 Å². The van der Waals surface area contributed by atoms with Gasteiger partial charge >= 0.3 is 0 Å². The summed E-state index contributed by atoms with van der Waals surface area (Å²) in [6.45, 7) is 1.90. The molecule has 0 bridgehead atoms. The molecule has 2 heterocycles. The molecule has 0 saturated carbocycles. The highest BCUT2D eigenvalue weighted by molar-refractivity contribution is 7.99. The predicted octanol–water partition coefficient (Wildman–Crippen LogP) is 2.54. The van der Waals surface area contributed by atoms with E-state index in [1.807, 2.05) is 11.8 Å². The van der Waals surface area contributed by atoms with Gasteiger partial charge in [0, 0.05) is 42.8 Å². The molecular weight excluding hydrogens is 398 g/mol. The first-order valence-electron chi connectivity index (χ1n) is 8.93. The zero-order chi connectivity index (χ0) is 20.7. The summed E-state index contributed by atoms with van der Waals surface area (Å²) >= 11 is 1.83. The molecule has 8 nitrogen and oxygen atoms in total. The summed E-state index contributed by atoms with van der Waals surface area (Å²) in [6.07, 6.45) is 0. The number of phenols is 4. The lowest BCUT2D eigenvalue weighted by Gasteiger charge is -2.26. The van der Waals surface area contributed by atoms with Gasteiger partial charge in [0.15, 0.2) is 22.8 Å². The second-order valence-electron chi connectivity index (χ2n) is 6.80. The Hall–Kier alpha value is -3.04. The van der Waals surface area contributed by atoms with Crippen LogP contribution in [0.3, 0.4) is 0 Å². The lowest BCUT2D eigenvalue weighted by Crippen LogP contribution is -2.32. The molecule has 1 fully saturated rings. The van der Waals surface area contributed by atoms with Gasteiger partial charge in [0.1, 0.15) is 16.9 Å². The first-order valence-corrected chi connectivity index (χ1v) is 10.1. The summed E-state index contributed by atoms with van der Waals surface area (Å²) in [5.74, 6) is -0.632. The smallest absolute Gasteiger partial charge is 0.238 e. The van der Waals surface area contributed by atoms with Crippen molar-refractivity contribution in [3.8, 4) is 40.1 Å². The van der Waals surface area contributed by atoms with E-state index in [9.17, 15) is 30.3 Å². The standard InChI is InChI=1S/C20H19NO7S/c22-12-2-1-10(7-14(12)24)19-18(27)17(26)16-15(25)8-13(23)11(20(16)28-19)9-21-3-5-29-6-4-21/h1-2,7-8,22-25,27H,3-6,9H2. The molecule has 5 N–H and O–H groups in total. The molecule has 9 heteroatoms. The molecule has 0 spiro atoms. The number of hydrogen-bond donors (Lipinski definition) is 5. The van der Waals surface area contributed by atoms with Gasteiger partial charge in [0.05, 0.1) is 5.56 Å². The fourth-order valence-corrected chi connectivity index (χ4v) is 4.35. The van der Waals surface area contributed by atoms with Crippen LogP contribution in [0.15, 0.2) is 33.5 Å². The third-order valence-corrected chi connectivity index (χ3v) is 5.87. The van der Waals surface area contributed by atoms with Crippen molar-refractivity contribution >= 4 is 22.7 Å². The number of phenolic OH excluding ortho intramolecular Hbond substituents is 4. The number of aromatic hydroxyl groups is 5. The van der Waals surface area contributed by atoms with Crippen LogP contribution in [0, 0.1) is 0 Å². The summed E-state index contributed by atoms with van der Waals surface area (Å²) in [4.78, 5) is 14.9. The van der Waals surface area contributed by atoms with Gasteiger partial charge in [-0.15, -0.1) is 0 Å². The van der Waals surface area contributed by atoms with Gasteiger partial charge in [-0.05, 0) is 18.2 Å². The number of benzene rings is 2. The Balaban J connectivity index is 1.95. The van der Waals surface area contributed by atoms with Crippen LogP contribution in [0.1, 0.15) is 5.56 Å². The monoisotopic (exact) mass is 417 g/mol. The van der Waals surface area contributed by atoms with Crippen molar-refractivity contribution < 1.29 is 29.9 Å². The highest BCUT2D eigenvalue weighted by Crippen LogP contribution is 2.40. The van der Waals surface area contributed by atoms with E-state index >= 15 is 0 Å². The molecule has 0 atom stereocenters. The van der Waals surface area contributed by atoms with Crippen LogP contribution in [0.5, 0.6) is 28.7 Å². The normalized spacial score (nSPS) is 15.0. The average Bonchev–Trinajstić information content (AvgIpc) is 2.70. The maximum absolute atomic E-state index is 12.8. The van der Waals surface area contributed by atoms with Crippen LogP contribution < -0.4 is 5.43 Å². The van der Waals surface area contributed by atoms with Crippen molar-refractivity contribution in [3.05, 3.63) is 40.1 Å². The summed E-state index contributed by atoms with van der Waals surface area (Å²) < 4.78 is 5.79. The van der Waals surface area contributed by atoms with Crippen molar-refractivity contribution in [1.82, 2.24) is 4.90 Å². The van der Waals surface area contributed by atoms with Crippen molar-refractivity contribution in [1.29, 1.82) is 0 Å². The summed E-state index contributed by atoms with van der Waals surface area (Å²) in [7, 11) is 0. The molecule has 4 rings (SSSR count). The molecule has 2 aromatic carbocycles. The molecule has 3 aromatic rings. The topological polar surface area (TPSA) is 135 Å². The highest BCUT2D eigenvalue weighted by atomic mass is 32.2. The predicted molar refractivity (Wildman–Crippen MR) is 109 cm³/mol. The van der Waals surface area contributed by atoms with E-state index in [0.29, 0.717) is 12.1 Å². The largest absolute Gasteiger partial charge is 0.507 e. The lowest BCUT2D eigenvalue weighted by molar-refractivity contribution is 0.289. The van der Waals surface area contributed by atoms with Crippen LogP contribution in [-0.2, 0) is 6.54 Å². The lowest BCUT2D eigenvalue weighted by atomic mass is 10.0. The SMILES string of the molecule is O=c1c(O)c(-c2ccc(O)c(O)c2)oc2c(CN3CCSCC3)c(O)cc(O)c12. The van der Waals surface area contributed by atoms with Gasteiger partial charge in [-0.2, -0.15) is 11.8 Å². The van der Waals surface area contributed by atoms with E-state index < -0.39 is 22.7 Å². The minimum atomic E-state index is -0.859. The molecule has 1 saturated heterocycles. The van der Waals surface area contributed by atoms with E-state index in [2.05, 4.69) is 4.90 Å².